The number of nitrogens with zero attached hydrogens (tertiary/aromatic N) is 1. The first-order valence-corrected chi connectivity index (χ1v) is 12.3. The lowest BCUT2D eigenvalue weighted by Gasteiger charge is -2.32. The van der Waals surface area contributed by atoms with E-state index < -0.39 is 6.04 Å². The number of carbonyl (C=O) groups is 2. The fraction of sp³-hybridized carbons (Fsp3) is 0.333. The van der Waals surface area contributed by atoms with Gasteiger partial charge in [0.15, 0.2) is 6.61 Å². The summed E-state index contributed by atoms with van der Waals surface area (Å²) in [5.74, 6) is 0.270. The van der Waals surface area contributed by atoms with Crippen LogP contribution in [0.1, 0.15) is 42.0 Å². The maximum absolute atomic E-state index is 13.6. The maximum atomic E-state index is 13.6. The third-order valence-electron chi connectivity index (χ3n) is 6.09. The molecule has 0 unspecified atom stereocenters. The molecule has 2 amide bonds. The number of rotatable bonds is 12. The molecule has 0 aliphatic carbocycles. The molecule has 5 nitrogen and oxygen atoms in total. The van der Waals surface area contributed by atoms with Crippen molar-refractivity contribution < 1.29 is 14.3 Å². The molecular formula is C30H36N2O3. The molecule has 3 aromatic carbocycles. The van der Waals surface area contributed by atoms with Crippen LogP contribution in [0.4, 0.5) is 0 Å². The minimum atomic E-state index is -0.650. The van der Waals surface area contributed by atoms with Crippen LogP contribution in [0.15, 0.2) is 78.9 Å². The van der Waals surface area contributed by atoms with E-state index in [-0.39, 0.29) is 18.4 Å². The van der Waals surface area contributed by atoms with Crippen LogP contribution in [0.5, 0.6) is 5.75 Å². The van der Waals surface area contributed by atoms with Crippen LogP contribution in [0.3, 0.4) is 0 Å². The number of nitrogens with one attached hydrogen (secondary N) is 1. The summed E-state index contributed by atoms with van der Waals surface area (Å²) >= 11 is 0. The number of aryl methyl sites for hydroxylation is 2. The van der Waals surface area contributed by atoms with Crippen molar-refractivity contribution in [1.82, 2.24) is 10.2 Å². The van der Waals surface area contributed by atoms with Crippen LogP contribution in [-0.2, 0) is 22.6 Å². The van der Waals surface area contributed by atoms with E-state index in [1.807, 2.05) is 92.7 Å². The van der Waals surface area contributed by atoms with E-state index >= 15 is 0 Å². The number of amides is 2. The fourth-order valence-corrected chi connectivity index (χ4v) is 3.89. The Morgan fingerprint density at radius 1 is 0.914 bits per heavy atom. The fourth-order valence-electron chi connectivity index (χ4n) is 3.89. The minimum Gasteiger partial charge on any atom is -0.484 e. The molecular weight excluding hydrogens is 436 g/mol. The summed E-state index contributed by atoms with van der Waals surface area (Å²) in [4.78, 5) is 28.7. The second kappa shape index (κ2) is 13.3. The van der Waals surface area contributed by atoms with Crippen molar-refractivity contribution in [2.75, 3.05) is 13.2 Å². The van der Waals surface area contributed by atoms with Crippen molar-refractivity contribution in [2.24, 2.45) is 0 Å². The molecule has 0 aromatic heterocycles. The van der Waals surface area contributed by atoms with E-state index in [2.05, 4.69) is 12.2 Å². The zero-order chi connectivity index (χ0) is 25.0. The van der Waals surface area contributed by atoms with Crippen molar-refractivity contribution in [3.05, 3.63) is 101 Å². The Balaban J connectivity index is 1.88. The van der Waals surface area contributed by atoms with Gasteiger partial charge in [0.25, 0.3) is 5.91 Å². The summed E-state index contributed by atoms with van der Waals surface area (Å²) in [5, 5.41) is 3.05. The third-order valence-corrected chi connectivity index (χ3v) is 6.09. The van der Waals surface area contributed by atoms with Gasteiger partial charge in [-0.3, -0.25) is 9.59 Å². The molecule has 0 saturated carbocycles. The molecule has 0 bridgehead atoms. The van der Waals surface area contributed by atoms with Crippen molar-refractivity contribution >= 4 is 11.8 Å². The Kier molecular flexibility index (Phi) is 9.91. The molecule has 0 heterocycles. The molecule has 0 radical (unpaired) electrons. The largest absolute Gasteiger partial charge is 0.484 e. The van der Waals surface area contributed by atoms with Gasteiger partial charge in [0.1, 0.15) is 11.8 Å². The maximum Gasteiger partial charge on any atom is 0.261 e. The van der Waals surface area contributed by atoms with Crippen LogP contribution >= 0.6 is 0 Å². The number of unbranched alkanes of at least 4 members (excludes halogenated alkanes) is 1. The smallest absolute Gasteiger partial charge is 0.261 e. The second-order valence-corrected chi connectivity index (χ2v) is 8.90. The topological polar surface area (TPSA) is 58.6 Å². The summed E-state index contributed by atoms with van der Waals surface area (Å²) < 4.78 is 5.83. The second-order valence-electron chi connectivity index (χ2n) is 8.90. The molecule has 0 fully saturated rings. The van der Waals surface area contributed by atoms with Gasteiger partial charge in [0, 0.05) is 19.5 Å². The van der Waals surface area contributed by atoms with Crippen molar-refractivity contribution in [3.63, 3.8) is 0 Å². The van der Waals surface area contributed by atoms with Crippen LogP contribution in [0.2, 0.25) is 0 Å². The first-order chi connectivity index (χ1) is 17.0. The van der Waals surface area contributed by atoms with Crippen LogP contribution in [-0.4, -0.2) is 35.9 Å². The van der Waals surface area contributed by atoms with Gasteiger partial charge < -0.3 is 15.0 Å². The Morgan fingerprint density at radius 2 is 1.60 bits per heavy atom. The van der Waals surface area contributed by atoms with Gasteiger partial charge >= 0.3 is 0 Å². The van der Waals surface area contributed by atoms with E-state index in [0.29, 0.717) is 25.3 Å². The molecule has 0 aliphatic rings. The van der Waals surface area contributed by atoms with Crippen LogP contribution < -0.4 is 10.1 Å². The first-order valence-electron chi connectivity index (χ1n) is 12.3. The highest BCUT2D eigenvalue weighted by Gasteiger charge is 2.30. The van der Waals surface area contributed by atoms with E-state index in [1.54, 1.807) is 4.90 Å². The molecule has 3 rings (SSSR count). The highest BCUT2D eigenvalue weighted by Crippen LogP contribution is 2.18. The average Bonchev–Trinajstić information content (AvgIpc) is 2.87. The Bertz CT molecular complexity index is 1080. The number of ether oxygens (including phenoxy) is 1. The lowest BCUT2D eigenvalue weighted by molar-refractivity contribution is -0.142. The van der Waals surface area contributed by atoms with Gasteiger partial charge in [-0.25, -0.2) is 0 Å². The molecule has 0 aliphatic heterocycles. The predicted molar refractivity (Wildman–Crippen MR) is 140 cm³/mol. The van der Waals surface area contributed by atoms with Gasteiger partial charge in [-0.15, -0.1) is 0 Å². The van der Waals surface area contributed by atoms with E-state index in [4.69, 9.17) is 4.74 Å². The molecule has 3 aromatic rings. The van der Waals surface area contributed by atoms with Crippen LogP contribution in [0, 0.1) is 13.8 Å². The molecule has 0 saturated heterocycles. The predicted octanol–water partition coefficient (Wildman–Crippen LogP) is 5.24. The Hall–Kier alpha value is -3.60. The van der Waals surface area contributed by atoms with E-state index in [1.165, 1.54) is 0 Å². The van der Waals surface area contributed by atoms with Crippen LogP contribution in [0.25, 0.3) is 0 Å². The highest BCUT2D eigenvalue weighted by atomic mass is 16.5. The van der Waals surface area contributed by atoms with E-state index in [9.17, 15) is 9.59 Å². The molecule has 0 spiro atoms. The van der Waals surface area contributed by atoms with Gasteiger partial charge in [0.05, 0.1) is 0 Å². The normalized spacial score (nSPS) is 11.5. The molecule has 1 atom stereocenters. The Morgan fingerprint density at radius 3 is 2.29 bits per heavy atom. The summed E-state index contributed by atoms with van der Waals surface area (Å²) in [6.07, 6.45) is 2.31. The third kappa shape index (κ3) is 7.99. The zero-order valence-electron chi connectivity index (χ0n) is 21.0. The summed E-state index contributed by atoms with van der Waals surface area (Å²) in [6, 6.07) is 24.8. The van der Waals surface area contributed by atoms with Crippen molar-refractivity contribution in [1.29, 1.82) is 0 Å². The molecule has 1 N–H and O–H groups in total. The number of hydrogen-bond donors (Lipinski definition) is 1. The lowest BCUT2D eigenvalue weighted by Crippen LogP contribution is -2.52. The first kappa shape index (κ1) is 26.0. The lowest BCUT2D eigenvalue weighted by atomic mass is 10.0. The van der Waals surface area contributed by atoms with Gasteiger partial charge in [0.2, 0.25) is 5.91 Å². The zero-order valence-corrected chi connectivity index (χ0v) is 21.0. The number of hydrogen-bond acceptors (Lipinski definition) is 3. The number of carbonyl (C=O) groups excluding carboxylic acids is 2. The molecule has 184 valence electrons. The quantitative estimate of drug-likeness (QED) is 0.367. The minimum absolute atomic E-state index is 0.136. The summed E-state index contributed by atoms with van der Waals surface area (Å²) in [6.45, 7) is 6.90. The molecule has 35 heavy (non-hydrogen) atoms. The highest BCUT2D eigenvalue weighted by molar-refractivity contribution is 5.88. The summed E-state index contributed by atoms with van der Waals surface area (Å²) in [7, 11) is 0. The monoisotopic (exact) mass is 472 g/mol. The Labute approximate surface area is 209 Å². The van der Waals surface area contributed by atoms with Gasteiger partial charge in [-0.1, -0.05) is 85.6 Å². The average molecular weight is 473 g/mol. The number of benzene rings is 3. The van der Waals surface area contributed by atoms with Crippen molar-refractivity contribution in [2.45, 2.75) is 52.6 Å². The standard InChI is InChI=1S/C30H36N2O3/c1-4-5-19-31-30(34)28(20-25-12-7-6-8-13-25)32(21-26-14-10-9-11-24(26)3)29(33)22-35-27-17-15-23(2)16-18-27/h6-18,28H,4-5,19-22H2,1-3H3,(H,31,34)/t28-/m1/s1. The van der Waals surface area contributed by atoms with Crippen molar-refractivity contribution in [3.8, 4) is 5.75 Å². The molecule has 5 heteroatoms. The van der Waals surface area contributed by atoms with Gasteiger partial charge in [-0.2, -0.15) is 0 Å². The summed E-state index contributed by atoms with van der Waals surface area (Å²) in [5.41, 5.74) is 4.21. The van der Waals surface area contributed by atoms with E-state index in [0.717, 1.165) is 35.1 Å². The van der Waals surface area contributed by atoms with Gasteiger partial charge in [-0.05, 0) is 49.1 Å². The SMILES string of the molecule is CCCCNC(=O)[C@@H](Cc1ccccc1)N(Cc1ccccc1C)C(=O)COc1ccc(C)cc1.